The molecule has 0 saturated carbocycles. The lowest BCUT2D eigenvalue weighted by Crippen LogP contribution is -2.07. The number of nitriles is 2. The van der Waals surface area contributed by atoms with Gasteiger partial charge in [-0.1, -0.05) is 121 Å². The van der Waals surface area contributed by atoms with Crippen LogP contribution in [0.2, 0.25) is 0 Å². The molecule has 0 aliphatic heterocycles. The van der Waals surface area contributed by atoms with Crippen molar-refractivity contribution in [2.45, 2.75) is 6.18 Å². The monoisotopic (exact) mass is 908 g/mol. The smallest absolute Gasteiger partial charge is 0.308 e. The van der Waals surface area contributed by atoms with Crippen molar-refractivity contribution >= 4 is 43.6 Å². The van der Waals surface area contributed by atoms with E-state index in [0.29, 0.717) is 22.5 Å². The van der Waals surface area contributed by atoms with Crippen LogP contribution >= 0.6 is 0 Å². The SMILES string of the molecule is N#Cc1cc(-c2cc(-n3c4ccccc4c4cc(-c5ccc(-c6ccccc6)nc5)ccc43)c(C#N)c(-n3c4ccccc4c4cc(-c5ccc(-c6ccccc6)nc5)ccc43)c2)cc(C(F)(F)F)c1. The number of rotatable bonds is 7. The van der Waals surface area contributed by atoms with E-state index < -0.39 is 11.7 Å². The summed E-state index contributed by atoms with van der Waals surface area (Å²) in [4.78, 5) is 9.58. The molecule has 12 rings (SSSR count). The lowest BCUT2D eigenvalue weighted by Gasteiger charge is -2.19. The van der Waals surface area contributed by atoms with Crippen molar-refractivity contribution in [1.29, 1.82) is 10.5 Å². The fourth-order valence-electron chi connectivity index (χ4n) is 9.78. The molecular weight excluding hydrogens is 874 g/mol. The number of para-hydroxylation sites is 2. The van der Waals surface area contributed by atoms with E-state index in [1.165, 1.54) is 6.07 Å². The maximum atomic E-state index is 14.6. The highest BCUT2D eigenvalue weighted by Gasteiger charge is 2.32. The van der Waals surface area contributed by atoms with Gasteiger partial charge in [-0.3, -0.25) is 9.97 Å². The molecule has 8 aromatic carbocycles. The molecule has 0 saturated heterocycles. The molecule has 12 aromatic rings. The van der Waals surface area contributed by atoms with Gasteiger partial charge in [0.15, 0.2) is 0 Å². The van der Waals surface area contributed by atoms with Crippen LogP contribution in [0, 0.1) is 22.7 Å². The quantitative estimate of drug-likeness (QED) is 0.159. The Hall–Kier alpha value is -9.57. The van der Waals surface area contributed by atoms with Crippen LogP contribution in [0.3, 0.4) is 0 Å². The summed E-state index contributed by atoms with van der Waals surface area (Å²) in [6.07, 6.45) is -0.988. The highest BCUT2D eigenvalue weighted by atomic mass is 19.4. The van der Waals surface area contributed by atoms with Gasteiger partial charge in [0.2, 0.25) is 0 Å². The van der Waals surface area contributed by atoms with E-state index in [1.807, 2.05) is 173 Å². The molecule has 9 heteroatoms. The van der Waals surface area contributed by atoms with Crippen molar-refractivity contribution in [1.82, 2.24) is 19.1 Å². The predicted octanol–water partition coefficient (Wildman–Crippen LogP) is 15.8. The molecule has 0 bridgehead atoms. The van der Waals surface area contributed by atoms with Crippen LogP contribution in [-0.2, 0) is 6.18 Å². The number of nitrogens with zero attached hydrogens (tertiary/aromatic N) is 6. The molecule has 0 N–H and O–H groups in total. The van der Waals surface area contributed by atoms with Crippen molar-refractivity contribution in [3.8, 4) is 79.4 Å². The third kappa shape index (κ3) is 7.13. The molecule has 4 aromatic heterocycles. The summed E-state index contributed by atoms with van der Waals surface area (Å²) in [6.45, 7) is 0. The molecule has 0 amide bonds. The summed E-state index contributed by atoms with van der Waals surface area (Å²) in [5.41, 5.74) is 11.4. The summed E-state index contributed by atoms with van der Waals surface area (Å²) in [5.74, 6) is 0. The van der Waals surface area contributed by atoms with E-state index in [9.17, 15) is 23.7 Å². The zero-order valence-electron chi connectivity index (χ0n) is 37.0. The second-order valence-electron chi connectivity index (χ2n) is 17.2. The minimum atomic E-state index is -4.72. The topological polar surface area (TPSA) is 83.2 Å². The highest BCUT2D eigenvalue weighted by molar-refractivity contribution is 6.12. The maximum absolute atomic E-state index is 14.6. The molecule has 0 unspecified atom stereocenters. The van der Waals surface area contributed by atoms with Crippen LogP contribution in [0.5, 0.6) is 0 Å². The second-order valence-corrected chi connectivity index (χ2v) is 17.2. The van der Waals surface area contributed by atoms with Gasteiger partial charge in [0, 0.05) is 56.2 Å². The fraction of sp³-hybridized carbons (Fsp3) is 0.0164. The van der Waals surface area contributed by atoms with Gasteiger partial charge >= 0.3 is 6.18 Å². The number of aromatic nitrogens is 4. The molecule has 0 radical (unpaired) electrons. The van der Waals surface area contributed by atoms with E-state index in [2.05, 4.69) is 30.3 Å². The Labute approximate surface area is 399 Å². The number of alkyl halides is 3. The van der Waals surface area contributed by atoms with Crippen LogP contribution in [0.1, 0.15) is 16.7 Å². The fourth-order valence-corrected chi connectivity index (χ4v) is 9.78. The van der Waals surface area contributed by atoms with Gasteiger partial charge < -0.3 is 9.13 Å². The van der Waals surface area contributed by atoms with Crippen molar-refractivity contribution in [2.75, 3.05) is 0 Å². The molecule has 330 valence electrons. The standard InChI is InChI=1S/C61H35F3N6/c62-61(63,64)47-28-38(34-65)27-45(29-47)46-32-59(69-55-17-9-7-15-48(55)50-30-41(21-25-57(50)69)43-19-23-53(67-36-43)39-11-3-1-4-12-39)52(35-66)60(33-46)70-56-18-10-8-16-49(56)51-31-42(22-26-58(51)70)44-20-24-54(68-37-44)40-13-5-2-6-14-40/h1-33,36-37H. The van der Waals surface area contributed by atoms with Crippen LogP contribution in [0.25, 0.3) is 111 Å². The number of hydrogen-bond donors (Lipinski definition) is 0. The predicted molar refractivity (Wildman–Crippen MR) is 272 cm³/mol. The van der Waals surface area contributed by atoms with Crippen LogP contribution in [-0.4, -0.2) is 19.1 Å². The average molecular weight is 909 g/mol. The maximum Gasteiger partial charge on any atom is 0.416 e. The zero-order chi connectivity index (χ0) is 47.5. The summed E-state index contributed by atoms with van der Waals surface area (Å²) in [7, 11) is 0. The number of pyridine rings is 2. The van der Waals surface area contributed by atoms with E-state index in [4.69, 9.17) is 9.97 Å². The molecule has 0 fully saturated rings. The third-order valence-corrected chi connectivity index (χ3v) is 13.1. The summed E-state index contributed by atoms with van der Waals surface area (Å²) in [6, 6.07) is 67.7. The highest BCUT2D eigenvalue weighted by Crippen LogP contribution is 2.43. The molecule has 0 aliphatic carbocycles. The van der Waals surface area contributed by atoms with Crippen molar-refractivity contribution in [3.63, 3.8) is 0 Å². The van der Waals surface area contributed by atoms with Gasteiger partial charge in [-0.15, -0.1) is 0 Å². The number of hydrogen-bond acceptors (Lipinski definition) is 4. The molecular formula is C61H35F3N6. The van der Waals surface area contributed by atoms with Gasteiger partial charge in [0.25, 0.3) is 0 Å². The minimum absolute atomic E-state index is 0.136. The first-order chi connectivity index (χ1) is 34.2. The number of halogens is 3. The molecule has 4 heterocycles. The molecule has 0 atom stereocenters. The Morgan fingerprint density at radius 1 is 0.371 bits per heavy atom. The number of benzene rings is 8. The molecule has 70 heavy (non-hydrogen) atoms. The Bertz CT molecular complexity index is 3880. The van der Waals surface area contributed by atoms with E-state index in [0.717, 1.165) is 101 Å². The molecule has 0 spiro atoms. The van der Waals surface area contributed by atoms with E-state index in [-0.39, 0.29) is 11.1 Å². The van der Waals surface area contributed by atoms with Gasteiger partial charge in [-0.2, -0.15) is 23.7 Å². The summed E-state index contributed by atoms with van der Waals surface area (Å²) >= 11 is 0. The van der Waals surface area contributed by atoms with Crippen LogP contribution < -0.4 is 0 Å². The van der Waals surface area contributed by atoms with Crippen LogP contribution in [0.4, 0.5) is 13.2 Å². The zero-order valence-corrected chi connectivity index (χ0v) is 37.0. The largest absolute Gasteiger partial charge is 0.416 e. The Balaban J connectivity index is 1.09. The Morgan fingerprint density at radius 2 is 0.814 bits per heavy atom. The first-order valence-corrected chi connectivity index (χ1v) is 22.6. The minimum Gasteiger partial charge on any atom is -0.308 e. The first kappa shape index (κ1) is 41.8. The van der Waals surface area contributed by atoms with Crippen molar-refractivity contribution in [3.05, 3.63) is 229 Å². The van der Waals surface area contributed by atoms with Gasteiger partial charge in [-0.05, 0) is 101 Å². The lowest BCUT2D eigenvalue weighted by atomic mass is 9.96. The second kappa shape index (κ2) is 16.6. The van der Waals surface area contributed by atoms with Crippen molar-refractivity contribution < 1.29 is 13.2 Å². The van der Waals surface area contributed by atoms with Crippen LogP contribution in [0.15, 0.2) is 213 Å². The summed E-state index contributed by atoms with van der Waals surface area (Å²) < 4.78 is 47.7. The third-order valence-electron chi connectivity index (χ3n) is 13.1. The summed E-state index contributed by atoms with van der Waals surface area (Å²) in [5, 5.41) is 25.2. The first-order valence-electron chi connectivity index (χ1n) is 22.6. The normalized spacial score (nSPS) is 11.6. The Kier molecular flexibility index (Phi) is 9.94. The van der Waals surface area contributed by atoms with Crippen molar-refractivity contribution in [2.24, 2.45) is 0 Å². The number of fused-ring (bicyclic) bond motifs is 6. The molecule has 0 aliphatic rings. The molecule has 6 nitrogen and oxygen atoms in total. The average Bonchev–Trinajstić information content (AvgIpc) is 3.92. The van der Waals surface area contributed by atoms with E-state index in [1.54, 1.807) is 12.1 Å². The Morgan fingerprint density at radius 3 is 1.26 bits per heavy atom. The van der Waals surface area contributed by atoms with Gasteiger partial charge in [0.1, 0.15) is 11.6 Å². The van der Waals surface area contributed by atoms with E-state index >= 15 is 0 Å². The van der Waals surface area contributed by atoms with Gasteiger partial charge in [0.05, 0.1) is 62.0 Å². The lowest BCUT2D eigenvalue weighted by molar-refractivity contribution is -0.137. The van der Waals surface area contributed by atoms with Gasteiger partial charge in [-0.25, -0.2) is 0 Å².